The zero-order valence-electron chi connectivity index (χ0n) is 20.4. The van der Waals surface area contributed by atoms with Crippen molar-refractivity contribution in [2.75, 3.05) is 20.3 Å². The SMILES string of the molecule is C/C=C\[N+]1=Cc2cc(C(C)(C)C)c3ccccc3c2C(C)(C)C1(C)/C(=C/COC)CO. The lowest BCUT2D eigenvalue weighted by molar-refractivity contribution is -0.544. The second-order valence-corrected chi connectivity index (χ2v) is 10.2. The van der Waals surface area contributed by atoms with Crippen LogP contribution in [-0.4, -0.2) is 41.8 Å². The largest absolute Gasteiger partial charge is 0.392 e. The van der Waals surface area contributed by atoms with Crippen LogP contribution in [0.5, 0.6) is 0 Å². The molecule has 3 rings (SSSR count). The molecule has 0 bridgehead atoms. The summed E-state index contributed by atoms with van der Waals surface area (Å²) < 4.78 is 7.60. The number of nitrogens with zero attached hydrogens (tertiary/aromatic N) is 1. The van der Waals surface area contributed by atoms with Crippen molar-refractivity contribution >= 4 is 17.0 Å². The van der Waals surface area contributed by atoms with Crippen molar-refractivity contribution in [2.24, 2.45) is 0 Å². The number of rotatable bonds is 5. The van der Waals surface area contributed by atoms with Gasteiger partial charge in [0.05, 0.1) is 18.6 Å². The van der Waals surface area contributed by atoms with Gasteiger partial charge in [-0.05, 0) is 60.2 Å². The fourth-order valence-corrected chi connectivity index (χ4v) is 5.18. The highest BCUT2D eigenvalue weighted by Crippen LogP contribution is 2.49. The zero-order valence-corrected chi connectivity index (χ0v) is 20.4. The van der Waals surface area contributed by atoms with E-state index in [1.165, 1.54) is 27.5 Å². The number of benzene rings is 2. The van der Waals surface area contributed by atoms with Gasteiger partial charge in [-0.25, -0.2) is 0 Å². The predicted molar refractivity (Wildman–Crippen MR) is 131 cm³/mol. The summed E-state index contributed by atoms with van der Waals surface area (Å²) in [4.78, 5) is 0. The topological polar surface area (TPSA) is 32.5 Å². The lowest BCUT2D eigenvalue weighted by Gasteiger charge is -2.45. The quantitative estimate of drug-likeness (QED) is 0.496. The second kappa shape index (κ2) is 8.37. The van der Waals surface area contributed by atoms with Crippen LogP contribution in [0.4, 0.5) is 0 Å². The highest BCUT2D eigenvalue weighted by atomic mass is 16.5. The normalized spacial score (nSPS) is 21.5. The summed E-state index contributed by atoms with van der Waals surface area (Å²) in [6, 6.07) is 11.1. The molecule has 0 saturated carbocycles. The van der Waals surface area contributed by atoms with Gasteiger partial charge in [-0.3, -0.25) is 0 Å². The molecule has 1 heterocycles. The minimum atomic E-state index is -0.453. The smallest absolute Gasteiger partial charge is 0.197 e. The summed E-state index contributed by atoms with van der Waals surface area (Å²) in [5.74, 6) is 0. The van der Waals surface area contributed by atoms with E-state index in [2.05, 4.69) is 94.9 Å². The van der Waals surface area contributed by atoms with E-state index in [0.29, 0.717) is 6.61 Å². The molecule has 0 aromatic heterocycles. The number of fused-ring (bicyclic) bond motifs is 3. The number of aliphatic hydroxyl groups excluding tert-OH is 1. The number of aliphatic hydroxyl groups is 1. The fourth-order valence-electron chi connectivity index (χ4n) is 5.18. The van der Waals surface area contributed by atoms with Crippen molar-refractivity contribution in [3.05, 3.63) is 70.9 Å². The standard InChI is InChI=1S/C28H38NO2/c1-9-15-29-18-20-17-24(26(2,3)4)22-12-10-11-13-23(22)25(20)27(5,6)28(29,7)21(19-30)14-16-31-8/h9-15,17-18,30H,16,19H2,1-8H3/q+1/b15-9-,21-14+. The lowest BCUT2D eigenvalue weighted by atomic mass is 9.60. The average Bonchev–Trinajstić information content (AvgIpc) is 2.71. The summed E-state index contributed by atoms with van der Waals surface area (Å²) in [6.07, 6.45) is 8.46. The molecular formula is C28H38NO2+. The minimum absolute atomic E-state index is 0.0154. The van der Waals surface area contributed by atoms with Crippen LogP contribution in [0.3, 0.4) is 0 Å². The van der Waals surface area contributed by atoms with Crippen molar-refractivity contribution in [3.63, 3.8) is 0 Å². The van der Waals surface area contributed by atoms with Gasteiger partial charge in [-0.2, -0.15) is 4.58 Å². The van der Waals surface area contributed by atoms with Gasteiger partial charge in [0, 0.05) is 25.2 Å². The van der Waals surface area contributed by atoms with Crippen LogP contribution in [0.1, 0.15) is 65.2 Å². The molecule has 0 saturated heterocycles. The molecule has 0 radical (unpaired) electrons. The molecule has 0 aliphatic carbocycles. The van der Waals surface area contributed by atoms with Gasteiger partial charge in [-0.15, -0.1) is 0 Å². The Bertz CT molecular complexity index is 1070. The Balaban J connectivity index is 2.47. The maximum Gasteiger partial charge on any atom is 0.197 e. The first-order valence-electron chi connectivity index (χ1n) is 11.2. The molecule has 166 valence electrons. The minimum Gasteiger partial charge on any atom is -0.392 e. The Hall–Kier alpha value is -2.23. The van der Waals surface area contributed by atoms with Crippen LogP contribution in [0.2, 0.25) is 0 Å². The highest BCUT2D eigenvalue weighted by Gasteiger charge is 2.56. The predicted octanol–water partition coefficient (Wildman–Crippen LogP) is 5.72. The van der Waals surface area contributed by atoms with Gasteiger partial charge in [0.2, 0.25) is 0 Å². The summed E-state index contributed by atoms with van der Waals surface area (Å²) in [7, 11) is 1.69. The fraction of sp³-hybridized carbons (Fsp3) is 0.464. The number of allylic oxidation sites excluding steroid dienone is 1. The van der Waals surface area contributed by atoms with Gasteiger partial charge in [0.15, 0.2) is 18.0 Å². The molecule has 0 fully saturated rings. The number of methoxy groups -OCH3 is 1. The highest BCUT2D eigenvalue weighted by molar-refractivity contribution is 5.98. The van der Waals surface area contributed by atoms with Crippen molar-refractivity contribution in [1.82, 2.24) is 0 Å². The third-order valence-corrected chi connectivity index (χ3v) is 7.12. The van der Waals surface area contributed by atoms with Crippen molar-refractivity contribution in [1.29, 1.82) is 0 Å². The first-order chi connectivity index (χ1) is 14.5. The van der Waals surface area contributed by atoms with Gasteiger partial charge >= 0.3 is 0 Å². The van der Waals surface area contributed by atoms with E-state index in [0.717, 1.165) is 5.57 Å². The summed E-state index contributed by atoms with van der Waals surface area (Å²) >= 11 is 0. The van der Waals surface area contributed by atoms with Crippen LogP contribution in [-0.2, 0) is 15.6 Å². The molecule has 1 atom stereocenters. The third kappa shape index (κ3) is 3.68. The molecule has 1 aliphatic rings. The molecule has 0 spiro atoms. The van der Waals surface area contributed by atoms with Gasteiger partial charge in [-0.1, -0.05) is 51.1 Å². The van der Waals surface area contributed by atoms with E-state index >= 15 is 0 Å². The number of hydrogen-bond donors (Lipinski definition) is 1. The van der Waals surface area contributed by atoms with Crippen LogP contribution in [0.15, 0.2) is 54.3 Å². The van der Waals surface area contributed by atoms with Gasteiger partial charge in [0.25, 0.3) is 0 Å². The summed E-state index contributed by atoms with van der Waals surface area (Å²) in [5, 5.41) is 13.0. The maximum absolute atomic E-state index is 10.4. The first kappa shape index (κ1) is 23.4. The Morgan fingerprint density at radius 2 is 1.77 bits per heavy atom. The van der Waals surface area contributed by atoms with Crippen LogP contribution >= 0.6 is 0 Å². The molecule has 3 heteroatoms. The molecule has 1 unspecified atom stereocenters. The summed E-state index contributed by atoms with van der Waals surface area (Å²) in [6.45, 7) is 16.2. The maximum atomic E-state index is 10.4. The van der Waals surface area contributed by atoms with E-state index < -0.39 is 5.54 Å². The van der Waals surface area contributed by atoms with E-state index in [-0.39, 0.29) is 17.4 Å². The van der Waals surface area contributed by atoms with E-state index in [4.69, 9.17) is 4.74 Å². The molecule has 31 heavy (non-hydrogen) atoms. The van der Waals surface area contributed by atoms with E-state index in [1.54, 1.807) is 7.11 Å². The van der Waals surface area contributed by atoms with E-state index in [1.807, 2.05) is 13.0 Å². The number of ether oxygens (including phenoxy) is 1. The molecule has 0 amide bonds. The zero-order chi connectivity index (χ0) is 23.0. The number of hydrogen-bond acceptors (Lipinski definition) is 2. The van der Waals surface area contributed by atoms with Gasteiger partial charge in [0.1, 0.15) is 0 Å². The second-order valence-electron chi connectivity index (χ2n) is 10.2. The molecule has 2 aromatic carbocycles. The van der Waals surface area contributed by atoms with Crippen molar-refractivity contribution < 1.29 is 14.4 Å². The average molecular weight is 421 g/mol. The Morgan fingerprint density at radius 1 is 1.13 bits per heavy atom. The molecule has 1 N–H and O–H groups in total. The Kier molecular flexibility index (Phi) is 6.32. The van der Waals surface area contributed by atoms with Crippen LogP contribution in [0.25, 0.3) is 10.8 Å². The Morgan fingerprint density at radius 3 is 2.32 bits per heavy atom. The lowest BCUT2D eigenvalue weighted by Crippen LogP contribution is -2.57. The Labute approximate surface area is 187 Å². The summed E-state index contributed by atoms with van der Waals surface area (Å²) in [5.41, 5.74) is 4.19. The third-order valence-electron chi connectivity index (χ3n) is 7.12. The van der Waals surface area contributed by atoms with Crippen molar-refractivity contribution in [3.8, 4) is 0 Å². The molecule has 2 aromatic rings. The monoisotopic (exact) mass is 420 g/mol. The molecular weight excluding hydrogens is 382 g/mol. The first-order valence-corrected chi connectivity index (χ1v) is 11.2. The van der Waals surface area contributed by atoms with Crippen LogP contribution in [0, 0.1) is 0 Å². The molecule has 1 aliphatic heterocycles. The van der Waals surface area contributed by atoms with Crippen molar-refractivity contribution in [2.45, 2.75) is 64.8 Å². The molecule has 3 nitrogen and oxygen atoms in total. The van der Waals surface area contributed by atoms with Gasteiger partial charge < -0.3 is 9.84 Å². The van der Waals surface area contributed by atoms with Crippen LogP contribution < -0.4 is 0 Å². The van der Waals surface area contributed by atoms with E-state index in [9.17, 15) is 5.11 Å².